The predicted molar refractivity (Wildman–Crippen MR) is 81.8 cm³/mol. The third-order valence-electron chi connectivity index (χ3n) is 4.64. The van der Waals surface area contributed by atoms with Crippen molar-refractivity contribution in [2.24, 2.45) is 5.41 Å². The number of likely N-dealkylation sites (tertiary alicyclic amines) is 1. The summed E-state index contributed by atoms with van der Waals surface area (Å²) >= 11 is 0. The van der Waals surface area contributed by atoms with Gasteiger partial charge < -0.3 is 19.3 Å². The Bertz CT molecular complexity index is 583. The Morgan fingerprint density at radius 3 is 3.17 bits per heavy atom. The zero-order chi connectivity index (χ0) is 16.4. The Hall–Kier alpha value is -1.89. The van der Waals surface area contributed by atoms with Crippen LogP contribution in [0.1, 0.15) is 12.8 Å². The number of rotatable bonds is 3. The number of pyridine rings is 1. The molecule has 0 N–H and O–H groups in total. The summed E-state index contributed by atoms with van der Waals surface area (Å²) < 4.78 is 25.2. The molecule has 2 aliphatic heterocycles. The van der Waals surface area contributed by atoms with Crippen LogP contribution in [0.15, 0.2) is 18.3 Å². The maximum absolute atomic E-state index is 13.7. The zero-order valence-corrected chi connectivity index (χ0v) is 13.5. The van der Waals surface area contributed by atoms with Crippen molar-refractivity contribution in [2.75, 3.05) is 40.4 Å². The second-order valence-corrected chi connectivity index (χ2v) is 6.44. The van der Waals surface area contributed by atoms with Gasteiger partial charge in [0, 0.05) is 40.0 Å². The summed E-state index contributed by atoms with van der Waals surface area (Å²) in [6.07, 6.45) is 3.11. The number of aromatic nitrogens is 1. The van der Waals surface area contributed by atoms with Crippen LogP contribution < -0.4 is 4.74 Å². The molecule has 2 saturated heterocycles. The highest BCUT2D eigenvalue weighted by molar-refractivity contribution is 5.74. The molecule has 23 heavy (non-hydrogen) atoms. The smallest absolute Gasteiger partial charge is 0.319 e. The molecule has 0 aromatic carbocycles. The monoisotopic (exact) mass is 323 g/mol. The fourth-order valence-corrected chi connectivity index (χ4v) is 3.39. The van der Waals surface area contributed by atoms with E-state index in [1.54, 1.807) is 19.0 Å². The normalized spacial score (nSPS) is 26.7. The first-order chi connectivity index (χ1) is 11.0. The summed E-state index contributed by atoms with van der Waals surface area (Å²) in [4.78, 5) is 19.6. The molecule has 6 nitrogen and oxygen atoms in total. The fraction of sp³-hybridized carbons (Fsp3) is 0.625. The molecule has 2 amide bonds. The standard InChI is InChI=1S/C16H22FN3O3/c1-19(2)15(21)20-8-5-13-16(10-20,6-9-22-13)11-23-14-12(17)4-3-7-18-14/h3-4,7,13H,5-6,8-11H2,1-2H3/t13-,16+/m1/s1. The van der Waals surface area contributed by atoms with E-state index in [-0.39, 0.29) is 23.4 Å². The number of fused-ring (bicyclic) bond motifs is 1. The molecule has 0 saturated carbocycles. The average molecular weight is 323 g/mol. The van der Waals surface area contributed by atoms with Crippen molar-refractivity contribution in [3.05, 3.63) is 24.1 Å². The number of amides is 2. The van der Waals surface area contributed by atoms with Crippen molar-refractivity contribution in [1.29, 1.82) is 0 Å². The number of nitrogens with zero attached hydrogens (tertiary/aromatic N) is 3. The topological polar surface area (TPSA) is 54.9 Å². The Morgan fingerprint density at radius 1 is 1.61 bits per heavy atom. The number of halogens is 1. The Kier molecular flexibility index (Phi) is 4.39. The van der Waals surface area contributed by atoms with Gasteiger partial charge in [0.05, 0.1) is 18.1 Å². The van der Waals surface area contributed by atoms with Gasteiger partial charge in [0.25, 0.3) is 0 Å². The highest BCUT2D eigenvalue weighted by atomic mass is 19.1. The lowest BCUT2D eigenvalue weighted by Gasteiger charge is -2.43. The molecule has 2 aliphatic rings. The van der Waals surface area contributed by atoms with Crippen LogP contribution in [0, 0.1) is 11.2 Å². The minimum Gasteiger partial charge on any atom is -0.475 e. The molecule has 0 bridgehead atoms. The van der Waals surface area contributed by atoms with Gasteiger partial charge in [0.2, 0.25) is 5.88 Å². The van der Waals surface area contributed by atoms with Crippen LogP contribution in [-0.4, -0.2) is 67.3 Å². The first-order valence-electron chi connectivity index (χ1n) is 7.83. The number of carbonyl (C=O) groups excluding carboxylic acids is 1. The van der Waals surface area contributed by atoms with Gasteiger partial charge >= 0.3 is 6.03 Å². The third kappa shape index (κ3) is 3.10. The molecular formula is C16H22FN3O3. The van der Waals surface area contributed by atoms with E-state index in [0.717, 1.165) is 12.8 Å². The van der Waals surface area contributed by atoms with Gasteiger partial charge in [-0.2, -0.15) is 0 Å². The summed E-state index contributed by atoms with van der Waals surface area (Å²) in [6.45, 7) is 2.16. The summed E-state index contributed by atoms with van der Waals surface area (Å²) in [5.74, 6) is -0.472. The first kappa shape index (κ1) is 16.0. The van der Waals surface area contributed by atoms with Crippen LogP contribution in [-0.2, 0) is 4.74 Å². The minimum atomic E-state index is -0.476. The van der Waals surface area contributed by atoms with E-state index >= 15 is 0 Å². The summed E-state index contributed by atoms with van der Waals surface area (Å²) in [5, 5.41) is 0. The van der Waals surface area contributed by atoms with Crippen molar-refractivity contribution < 1.29 is 18.7 Å². The molecule has 2 fully saturated rings. The number of urea groups is 1. The van der Waals surface area contributed by atoms with Gasteiger partial charge in [-0.1, -0.05) is 0 Å². The van der Waals surface area contributed by atoms with Crippen LogP contribution in [0.5, 0.6) is 5.88 Å². The van der Waals surface area contributed by atoms with E-state index in [9.17, 15) is 9.18 Å². The predicted octanol–water partition coefficient (Wildman–Crippen LogP) is 1.76. The molecule has 7 heteroatoms. The Labute approximate surface area is 135 Å². The van der Waals surface area contributed by atoms with Crippen LogP contribution in [0.3, 0.4) is 0 Å². The van der Waals surface area contributed by atoms with E-state index in [2.05, 4.69) is 4.98 Å². The number of hydrogen-bond acceptors (Lipinski definition) is 4. The highest BCUT2D eigenvalue weighted by Gasteiger charge is 2.49. The van der Waals surface area contributed by atoms with E-state index in [0.29, 0.717) is 26.3 Å². The molecule has 126 valence electrons. The van der Waals surface area contributed by atoms with Crippen LogP contribution in [0.4, 0.5) is 9.18 Å². The maximum atomic E-state index is 13.7. The molecule has 0 aliphatic carbocycles. The largest absolute Gasteiger partial charge is 0.475 e. The van der Waals surface area contributed by atoms with Crippen LogP contribution in [0.25, 0.3) is 0 Å². The summed E-state index contributed by atoms with van der Waals surface area (Å²) in [7, 11) is 3.48. The Balaban J connectivity index is 1.73. The molecule has 0 radical (unpaired) electrons. The molecule has 0 spiro atoms. The van der Waals surface area contributed by atoms with Crippen molar-refractivity contribution in [2.45, 2.75) is 18.9 Å². The van der Waals surface area contributed by atoms with E-state index < -0.39 is 5.82 Å². The second kappa shape index (κ2) is 6.31. The molecule has 3 rings (SSSR count). The van der Waals surface area contributed by atoms with Gasteiger partial charge in [-0.05, 0) is 25.0 Å². The van der Waals surface area contributed by atoms with E-state index in [1.807, 2.05) is 4.90 Å². The second-order valence-electron chi connectivity index (χ2n) is 6.44. The van der Waals surface area contributed by atoms with Gasteiger partial charge in [0.1, 0.15) is 0 Å². The van der Waals surface area contributed by atoms with Gasteiger partial charge in [-0.3, -0.25) is 0 Å². The van der Waals surface area contributed by atoms with Gasteiger partial charge in [-0.25, -0.2) is 14.2 Å². The third-order valence-corrected chi connectivity index (χ3v) is 4.64. The lowest BCUT2D eigenvalue weighted by molar-refractivity contribution is -0.0316. The van der Waals surface area contributed by atoms with Gasteiger partial charge in [-0.15, -0.1) is 0 Å². The number of piperidine rings is 1. The lowest BCUT2D eigenvalue weighted by Crippen LogP contribution is -2.55. The zero-order valence-electron chi connectivity index (χ0n) is 13.5. The lowest BCUT2D eigenvalue weighted by atomic mass is 9.77. The molecule has 2 atom stereocenters. The summed E-state index contributed by atoms with van der Waals surface area (Å²) in [6, 6.07) is 2.84. The molecule has 1 aromatic heterocycles. The van der Waals surface area contributed by atoms with Crippen molar-refractivity contribution in [1.82, 2.24) is 14.8 Å². The van der Waals surface area contributed by atoms with E-state index in [4.69, 9.17) is 9.47 Å². The molecule has 1 aromatic rings. The van der Waals surface area contributed by atoms with Crippen molar-refractivity contribution in [3.63, 3.8) is 0 Å². The maximum Gasteiger partial charge on any atom is 0.319 e. The number of carbonyl (C=O) groups is 1. The van der Waals surface area contributed by atoms with Crippen molar-refractivity contribution in [3.8, 4) is 5.88 Å². The quantitative estimate of drug-likeness (QED) is 0.850. The van der Waals surface area contributed by atoms with Crippen LogP contribution in [0.2, 0.25) is 0 Å². The fourth-order valence-electron chi connectivity index (χ4n) is 3.39. The average Bonchev–Trinajstić information content (AvgIpc) is 2.96. The first-order valence-corrected chi connectivity index (χ1v) is 7.83. The SMILES string of the molecule is CN(C)C(=O)N1CC[C@H]2OCC[C@@]2(COc2ncccc2F)C1. The number of ether oxygens (including phenoxy) is 2. The number of hydrogen-bond donors (Lipinski definition) is 0. The van der Waals surface area contributed by atoms with E-state index in [1.165, 1.54) is 18.3 Å². The molecular weight excluding hydrogens is 301 g/mol. The van der Waals surface area contributed by atoms with Gasteiger partial charge in [0.15, 0.2) is 5.82 Å². The molecule has 3 heterocycles. The van der Waals surface area contributed by atoms with Crippen molar-refractivity contribution >= 4 is 6.03 Å². The van der Waals surface area contributed by atoms with Crippen LogP contribution >= 0.6 is 0 Å². The highest BCUT2D eigenvalue weighted by Crippen LogP contribution is 2.41. The summed E-state index contributed by atoms with van der Waals surface area (Å²) in [5.41, 5.74) is -0.298. The Morgan fingerprint density at radius 2 is 2.43 bits per heavy atom. The minimum absolute atomic E-state index is 0.00332. The molecule has 0 unspecified atom stereocenters.